The summed E-state index contributed by atoms with van der Waals surface area (Å²) in [5, 5.41) is 3.59. The van der Waals surface area contributed by atoms with Crippen molar-refractivity contribution in [1.29, 1.82) is 0 Å². The van der Waals surface area contributed by atoms with Crippen molar-refractivity contribution in [1.82, 2.24) is 5.32 Å². The van der Waals surface area contributed by atoms with E-state index < -0.39 is 0 Å². The van der Waals surface area contributed by atoms with Gasteiger partial charge in [0.2, 0.25) is 0 Å². The molecule has 0 heterocycles. The Morgan fingerprint density at radius 3 is 2.33 bits per heavy atom. The Hall–Kier alpha value is 0.310. The summed E-state index contributed by atoms with van der Waals surface area (Å²) in [5.41, 5.74) is 0. The summed E-state index contributed by atoms with van der Waals surface area (Å²) in [6, 6.07) is 0.768. The molecule has 1 unspecified atom stereocenters. The number of rotatable bonds is 11. The maximum Gasteiger partial charge on any atom is 0.00748 e. The van der Waals surface area contributed by atoms with Crippen molar-refractivity contribution in [2.45, 2.75) is 64.8 Å². The van der Waals surface area contributed by atoms with Gasteiger partial charge in [-0.25, -0.2) is 0 Å². The molecule has 2 heteroatoms. The van der Waals surface area contributed by atoms with Gasteiger partial charge in [0.05, 0.1) is 0 Å². The van der Waals surface area contributed by atoms with Crippen LogP contribution < -0.4 is 5.32 Å². The molecule has 0 bridgehead atoms. The Labute approximate surface area is 101 Å². The smallest absolute Gasteiger partial charge is 0.00748 e. The van der Waals surface area contributed by atoms with Crippen molar-refractivity contribution in [2.75, 3.05) is 18.6 Å². The Balaban J connectivity index is 3.38. The first-order chi connectivity index (χ1) is 7.35. The van der Waals surface area contributed by atoms with Gasteiger partial charge in [-0.05, 0) is 31.4 Å². The van der Waals surface area contributed by atoms with Crippen LogP contribution in [0, 0.1) is 0 Å². The predicted octanol–water partition coefficient (Wildman–Crippen LogP) is 4.08. The van der Waals surface area contributed by atoms with Crippen LogP contribution in [0.15, 0.2) is 0 Å². The van der Waals surface area contributed by atoms with E-state index in [9.17, 15) is 0 Å². The zero-order valence-electron chi connectivity index (χ0n) is 10.8. The van der Waals surface area contributed by atoms with Crippen LogP contribution in [-0.4, -0.2) is 24.6 Å². The van der Waals surface area contributed by atoms with Crippen molar-refractivity contribution < 1.29 is 0 Å². The minimum Gasteiger partial charge on any atom is -0.314 e. The molecule has 0 aliphatic rings. The molecule has 0 radical (unpaired) electrons. The van der Waals surface area contributed by atoms with E-state index in [0.29, 0.717) is 0 Å². The highest BCUT2D eigenvalue weighted by atomic mass is 32.2. The predicted molar refractivity (Wildman–Crippen MR) is 73.8 cm³/mol. The van der Waals surface area contributed by atoms with Gasteiger partial charge in [-0.3, -0.25) is 0 Å². The van der Waals surface area contributed by atoms with E-state index in [1.165, 1.54) is 50.7 Å². The fraction of sp³-hybridized carbons (Fsp3) is 1.00. The van der Waals surface area contributed by atoms with Crippen LogP contribution in [0.25, 0.3) is 0 Å². The topological polar surface area (TPSA) is 12.0 Å². The molecule has 0 spiro atoms. The molecule has 0 aromatic carbocycles. The number of nitrogens with one attached hydrogen (secondary N) is 1. The van der Waals surface area contributed by atoms with Gasteiger partial charge in [-0.15, -0.1) is 0 Å². The normalized spacial score (nSPS) is 13.0. The SMILES string of the molecule is CCCCCCCC(CCSC)NCC. The fourth-order valence-electron chi connectivity index (χ4n) is 1.89. The number of thioether (sulfide) groups is 1. The van der Waals surface area contributed by atoms with Gasteiger partial charge in [0.25, 0.3) is 0 Å². The largest absolute Gasteiger partial charge is 0.314 e. The van der Waals surface area contributed by atoms with Crippen molar-refractivity contribution in [3.63, 3.8) is 0 Å². The van der Waals surface area contributed by atoms with Gasteiger partial charge in [0.1, 0.15) is 0 Å². The Morgan fingerprint density at radius 1 is 1.00 bits per heavy atom. The van der Waals surface area contributed by atoms with Gasteiger partial charge in [-0.1, -0.05) is 46.0 Å². The van der Waals surface area contributed by atoms with Crippen molar-refractivity contribution >= 4 is 11.8 Å². The lowest BCUT2D eigenvalue weighted by atomic mass is 10.0. The van der Waals surface area contributed by atoms with E-state index >= 15 is 0 Å². The third kappa shape index (κ3) is 10.6. The summed E-state index contributed by atoms with van der Waals surface area (Å²) in [6.45, 7) is 5.61. The van der Waals surface area contributed by atoms with Crippen molar-refractivity contribution in [3.05, 3.63) is 0 Å². The molecule has 15 heavy (non-hydrogen) atoms. The first kappa shape index (κ1) is 15.3. The van der Waals surface area contributed by atoms with Crippen LogP contribution in [0.1, 0.15) is 58.8 Å². The maximum atomic E-state index is 3.59. The third-order valence-electron chi connectivity index (χ3n) is 2.82. The molecule has 0 saturated heterocycles. The minimum atomic E-state index is 0.768. The van der Waals surface area contributed by atoms with Crippen LogP contribution in [-0.2, 0) is 0 Å². The lowest BCUT2D eigenvalue weighted by Crippen LogP contribution is -2.29. The quantitative estimate of drug-likeness (QED) is 0.538. The molecule has 0 fully saturated rings. The molecular weight excluding hydrogens is 202 g/mol. The van der Waals surface area contributed by atoms with E-state index in [1.54, 1.807) is 0 Å². The maximum absolute atomic E-state index is 3.59. The monoisotopic (exact) mass is 231 g/mol. The summed E-state index contributed by atoms with van der Waals surface area (Å²) < 4.78 is 0. The highest BCUT2D eigenvalue weighted by Gasteiger charge is 2.05. The fourth-order valence-corrected chi connectivity index (χ4v) is 2.41. The van der Waals surface area contributed by atoms with E-state index in [-0.39, 0.29) is 0 Å². The Morgan fingerprint density at radius 2 is 1.73 bits per heavy atom. The first-order valence-electron chi connectivity index (χ1n) is 6.57. The molecule has 0 aliphatic heterocycles. The van der Waals surface area contributed by atoms with Gasteiger partial charge in [0, 0.05) is 6.04 Å². The summed E-state index contributed by atoms with van der Waals surface area (Å²) in [6.07, 6.45) is 11.9. The highest BCUT2D eigenvalue weighted by molar-refractivity contribution is 7.98. The molecule has 0 aromatic rings. The number of hydrogen-bond acceptors (Lipinski definition) is 2. The lowest BCUT2D eigenvalue weighted by Gasteiger charge is -2.17. The standard InChI is InChI=1S/C13H29NS/c1-4-6-7-8-9-10-13(14-5-2)11-12-15-3/h13-14H,4-12H2,1-3H3. The van der Waals surface area contributed by atoms with E-state index in [2.05, 4.69) is 25.4 Å². The van der Waals surface area contributed by atoms with Gasteiger partial charge < -0.3 is 5.32 Å². The molecule has 0 aliphatic carbocycles. The van der Waals surface area contributed by atoms with Gasteiger partial charge in [0.15, 0.2) is 0 Å². The van der Waals surface area contributed by atoms with Crippen LogP contribution in [0.3, 0.4) is 0 Å². The second kappa shape index (κ2) is 12.4. The van der Waals surface area contributed by atoms with Crippen molar-refractivity contribution in [2.24, 2.45) is 0 Å². The molecule has 0 rings (SSSR count). The summed E-state index contributed by atoms with van der Waals surface area (Å²) in [5.74, 6) is 1.30. The molecule has 92 valence electrons. The first-order valence-corrected chi connectivity index (χ1v) is 7.96. The Bertz CT molecular complexity index is 117. The lowest BCUT2D eigenvalue weighted by molar-refractivity contribution is 0.455. The zero-order valence-corrected chi connectivity index (χ0v) is 11.7. The van der Waals surface area contributed by atoms with E-state index in [4.69, 9.17) is 0 Å². The number of unbranched alkanes of at least 4 members (excludes halogenated alkanes) is 4. The van der Waals surface area contributed by atoms with Crippen LogP contribution >= 0.6 is 11.8 Å². The summed E-state index contributed by atoms with van der Waals surface area (Å²) in [7, 11) is 0. The molecule has 1 nitrogen and oxygen atoms in total. The van der Waals surface area contributed by atoms with Gasteiger partial charge >= 0.3 is 0 Å². The summed E-state index contributed by atoms with van der Waals surface area (Å²) in [4.78, 5) is 0. The molecule has 0 amide bonds. The second-order valence-corrected chi connectivity index (χ2v) is 5.22. The van der Waals surface area contributed by atoms with Crippen LogP contribution in [0.5, 0.6) is 0 Å². The molecule has 0 saturated carbocycles. The van der Waals surface area contributed by atoms with E-state index in [0.717, 1.165) is 12.6 Å². The van der Waals surface area contributed by atoms with Crippen LogP contribution in [0.2, 0.25) is 0 Å². The van der Waals surface area contributed by atoms with Gasteiger partial charge in [-0.2, -0.15) is 11.8 Å². The molecule has 1 atom stereocenters. The average Bonchev–Trinajstić information content (AvgIpc) is 2.25. The number of hydrogen-bond donors (Lipinski definition) is 1. The second-order valence-electron chi connectivity index (χ2n) is 4.24. The van der Waals surface area contributed by atoms with Crippen LogP contribution in [0.4, 0.5) is 0 Å². The molecule has 1 N–H and O–H groups in total. The average molecular weight is 231 g/mol. The Kier molecular flexibility index (Phi) is 12.6. The van der Waals surface area contributed by atoms with E-state index in [1.807, 2.05) is 11.8 Å². The molecule has 0 aromatic heterocycles. The van der Waals surface area contributed by atoms with Crippen molar-refractivity contribution in [3.8, 4) is 0 Å². The minimum absolute atomic E-state index is 0.768. The summed E-state index contributed by atoms with van der Waals surface area (Å²) >= 11 is 1.96. The molecular formula is C13H29NS. The third-order valence-corrected chi connectivity index (χ3v) is 3.46. The zero-order chi connectivity index (χ0) is 11.4. The highest BCUT2D eigenvalue weighted by Crippen LogP contribution is 2.11.